The van der Waals surface area contributed by atoms with Crippen molar-refractivity contribution in [2.45, 2.75) is 32.0 Å². The normalized spacial score (nSPS) is 12.0. The van der Waals surface area contributed by atoms with E-state index >= 15 is 0 Å². The van der Waals surface area contributed by atoms with Crippen molar-refractivity contribution in [1.29, 1.82) is 0 Å². The standard InChI is InChI=1S/C15H19N5O2S/c1-4-23-15-19-18-14(16)20(15)9(2)13(22)17-12-7-5-11(6-8-12)10(3)21/h5-9H,4H2,1-3H3,(H2,16,18)(H,17,22). The van der Waals surface area contributed by atoms with Crippen molar-refractivity contribution in [2.24, 2.45) is 0 Å². The molecule has 0 aliphatic heterocycles. The molecular formula is C15H19N5O2S. The molecule has 0 radical (unpaired) electrons. The molecular weight excluding hydrogens is 314 g/mol. The highest BCUT2D eigenvalue weighted by molar-refractivity contribution is 7.99. The lowest BCUT2D eigenvalue weighted by Crippen LogP contribution is -2.25. The molecule has 23 heavy (non-hydrogen) atoms. The lowest BCUT2D eigenvalue weighted by atomic mass is 10.1. The van der Waals surface area contributed by atoms with Crippen LogP contribution in [-0.2, 0) is 4.79 Å². The van der Waals surface area contributed by atoms with Crippen molar-refractivity contribution in [1.82, 2.24) is 14.8 Å². The number of hydrogen-bond donors (Lipinski definition) is 2. The van der Waals surface area contributed by atoms with Crippen molar-refractivity contribution in [3.8, 4) is 0 Å². The van der Waals surface area contributed by atoms with Gasteiger partial charge in [0.2, 0.25) is 11.9 Å². The molecule has 0 fully saturated rings. The van der Waals surface area contributed by atoms with Gasteiger partial charge in [-0.25, -0.2) is 0 Å². The lowest BCUT2D eigenvalue weighted by Gasteiger charge is -2.16. The summed E-state index contributed by atoms with van der Waals surface area (Å²) in [5.74, 6) is 0.759. The van der Waals surface area contributed by atoms with Gasteiger partial charge < -0.3 is 11.1 Å². The van der Waals surface area contributed by atoms with Gasteiger partial charge in [-0.2, -0.15) is 0 Å². The molecule has 1 amide bonds. The van der Waals surface area contributed by atoms with Crippen molar-refractivity contribution in [3.63, 3.8) is 0 Å². The third-order valence-electron chi connectivity index (χ3n) is 3.29. The third kappa shape index (κ3) is 3.89. The van der Waals surface area contributed by atoms with E-state index in [9.17, 15) is 9.59 Å². The summed E-state index contributed by atoms with van der Waals surface area (Å²) in [5, 5.41) is 11.2. The first-order valence-corrected chi connectivity index (χ1v) is 8.17. The minimum absolute atomic E-state index is 0.0188. The van der Waals surface area contributed by atoms with E-state index in [2.05, 4.69) is 15.5 Å². The fourth-order valence-electron chi connectivity index (χ4n) is 2.03. The number of benzene rings is 1. The van der Waals surface area contributed by atoms with Crippen LogP contribution in [0.5, 0.6) is 0 Å². The van der Waals surface area contributed by atoms with Gasteiger partial charge in [-0.05, 0) is 43.9 Å². The second-order valence-corrected chi connectivity index (χ2v) is 6.17. The van der Waals surface area contributed by atoms with Gasteiger partial charge in [-0.15, -0.1) is 10.2 Å². The minimum atomic E-state index is -0.550. The number of carbonyl (C=O) groups is 2. The van der Waals surface area contributed by atoms with Crippen molar-refractivity contribution >= 4 is 35.1 Å². The minimum Gasteiger partial charge on any atom is -0.368 e. The first-order valence-electron chi connectivity index (χ1n) is 7.19. The number of hydrogen-bond acceptors (Lipinski definition) is 6. The van der Waals surface area contributed by atoms with Crippen LogP contribution in [0.3, 0.4) is 0 Å². The molecule has 0 spiro atoms. The Kier molecular flexibility index (Phi) is 5.38. The molecule has 1 aromatic heterocycles. The highest BCUT2D eigenvalue weighted by Crippen LogP contribution is 2.23. The zero-order chi connectivity index (χ0) is 17.0. The average Bonchev–Trinajstić information content (AvgIpc) is 2.88. The van der Waals surface area contributed by atoms with Crippen LogP contribution in [0.2, 0.25) is 0 Å². The molecule has 0 saturated carbocycles. The highest BCUT2D eigenvalue weighted by Gasteiger charge is 2.22. The molecule has 8 heteroatoms. The summed E-state index contributed by atoms with van der Waals surface area (Å²) in [7, 11) is 0. The number of thioether (sulfide) groups is 1. The number of rotatable bonds is 6. The maximum absolute atomic E-state index is 12.4. The van der Waals surface area contributed by atoms with E-state index in [4.69, 9.17) is 5.73 Å². The molecule has 0 bridgehead atoms. The smallest absolute Gasteiger partial charge is 0.247 e. The molecule has 1 aromatic carbocycles. The van der Waals surface area contributed by atoms with E-state index in [-0.39, 0.29) is 17.6 Å². The second kappa shape index (κ2) is 7.28. The zero-order valence-corrected chi connectivity index (χ0v) is 14.1. The summed E-state index contributed by atoms with van der Waals surface area (Å²) >= 11 is 1.47. The highest BCUT2D eigenvalue weighted by atomic mass is 32.2. The Balaban J connectivity index is 2.14. The van der Waals surface area contributed by atoms with Crippen LogP contribution < -0.4 is 11.1 Å². The second-order valence-electron chi connectivity index (χ2n) is 4.94. The third-order valence-corrected chi connectivity index (χ3v) is 4.12. The van der Waals surface area contributed by atoms with Gasteiger partial charge in [-0.1, -0.05) is 18.7 Å². The molecule has 2 rings (SSSR count). The Morgan fingerprint density at radius 3 is 2.52 bits per heavy atom. The van der Waals surface area contributed by atoms with E-state index < -0.39 is 6.04 Å². The molecule has 1 unspecified atom stereocenters. The fourth-order valence-corrected chi connectivity index (χ4v) is 2.78. The number of nitrogens with two attached hydrogens (primary N) is 1. The predicted molar refractivity (Wildman–Crippen MR) is 90.6 cm³/mol. The largest absolute Gasteiger partial charge is 0.368 e. The van der Waals surface area contributed by atoms with Crippen molar-refractivity contribution in [2.75, 3.05) is 16.8 Å². The average molecular weight is 333 g/mol. The van der Waals surface area contributed by atoms with Gasteiger partial charge in [0.15, 0.2) is 10.9 Å². The van der Waals surface area contributed by atoms with Gasteiger partial charge in [0, 0.05) is 11.3 Å². The summed E-state index contributed by atoms with van der Waals surface area (Å²) in [6, 6.07) is 6.19. The number of nitrogens with one attached hydrogen (secondary N) is 1. The summed E-state index contributed by atoms with van der Waals surface area (Å²) < 4.78 is 1.60. The Bertz CT molecular complexity index is 711. The number of nitrogen functional groups attached to an aromatic ring is 1. The molecule has 3 N–H and O–H groups in total. The van der Waals surface area contributed by atoms with Crippen LogP contribution in [-0.4, -0.2) is 32.2 Å². The van der Waals surface area contributed by atoms with Crippen LogP contribution >= 0.6 is 11.8 Å². The Morgan fingerprint density at radius 1 is 1.30 bits per heavy atom. The maximum Gasteiger partial charge on any atom is 0.247 e. The van der Waals surface area contributed by atoms with Gasteiger partial charge in [0.25, 0.3) is 0 Å². The molecule has 0 aliphatic rings. The fraction of sp³-hybridized carbons (Fsp3) is 0.333. The van der Waals surface area contributed by atoms with Crippen LogP contribution in [0.1, 0.15) is 37.2 Å². The SMILES string of the molecule is CCSc1nnc(N)n1C(C)C(=O)Nc1ccc(C(C)=O)cc1. The van der Waals surface area contributed by atoms with Crippen LogP contribution in [0, 0.1) is 0 Å². The molecule has 0 aliphatic carbocycles. The van der Waals surface area contributed by atoms with Crippen molar-refractivity contribution < 1.29 is 9.59 Å². The van der Waals surface area contributed by atoms with Gasteiger partial charge in [0.05, 0.1) is 0 Å². The Labute approximate surface area is 138 Å². The monoisotopic (exact) mass is 333 g/mol. The number of anilines is 2. The molecule has 0 saturated heterocycles. The topological polar surface area (TPSA) is 103 Å². The molecule has 2 aromatic rings. The summed E-state index contributed by atoms with van der Waals surface area (Å²) in [5.41, 5.74) is 7.03. The quantitative estimate of drug-likeness (QED) is 0.621. The van der Waals surface area contributed by atoms with E-state index in [0.29, 0.717) is 16.4 Å². The number of carbonyl (C=O) groups excluding carboxylic acids is 2. The molecule has 1 atom stereocenters. The van der Waals surface area contributed by atoms with Gasteiger partial charge in [-0.3, -0.25) is 14.2 Å². The number of Topliss-reactive ketones (excluding diaryl/α,β-unsaturated/α-hetero) is 1. The Morgan fingerprint density at radius 2 is 1.96 bits per heavy atom. The predicted octanol–water partition coefficient (Wildman–Crippen LogP) is 2.37. The summed E-state index contributed by atoms with van der Waals surface area (Å²) in [6.07, 6.45) is 0. The first-order chi connectivity index (χ1) is 10.9. The van der Waals surface area contributed by atoms with E-state index in [1.54, 1.807) is 35.8 Å². The molecule has 7 nitrogen and oxygen atoms in total. The van der Waals surface area contributed by atoms with Gasteiger partial charge >= 0.3 is 0 Å². The van der Waals surface area contributed by atoms with Crippen LogP contribution in [0.4, 0.5) is 11.6 Å². The zero-order valence-electron chi connectivity index (χ0n) is 13.2. The van der Waals surface area contributed by atoms with Gasteiger partial charge in [0.1, 0.15) is 6.04 Å². The number of nitrogens with zero attached hydrogens (tertiary/aromatic N) is 3. The summed E-state index contributed by atoms with van der Waals surface area (Å²) in [6.45, 7) is 5.22. The number of ketones is 1. The first kappa shape index (κ1) is 17.0. The Hall–Kier alpha value is -2.35. The van der Waals surface area contributed by atoms with Crippen LogP contribution in [0.15, 0.2) is 29.4 Å². The lowest BCUT2D eigenvalue weighted by molar-refractivity contribution is -0.118. The van der Waals surface area contributed by atoms with Crippen LogP contribution in [0.25, 0.3) is 0 Å². The maximum atomic E-state index is 12.4. The number of amides is 1. The molecule has 1 heterocycles. The molecule has 122 valence electrons. The van der Waals surface area contributed by atoms with Crippen molar-refractivity contribution in [3.05, 3.63) is 29.8 Å². The summed E-state index contributed by atoms with van der Waals surface area (Å²) in [4.78, 5) is 23.7. The van der Waals surface area contributed by atoms with E-state index in [0.717, 1.165) is 5.75 Å². The van der Waals surface area contributed by atoms with E-state index in [1.807, 2.05) is 6.92 Å². The number of aromatic nitrogens is 3. The van der Waals surface area contributed by atoms with E-state index in [1.165, 1.54) is 18.7 Å².